The first-order valence-electron chi connectivity index (χ1n) is 2.99. The van der Waals surface area contributed by atoms with Crippen molar-refractivity contribution >= 4 is 34.2 Å². The number of fused-ring (bicyclic) bond motifs is 1. The summed E-state index contributed by atoms with van der Waals surface area (Å²) in [6.07, 6.45) is 0. The summed E-state index contributed by atoms with van der Waals surface area (Å²) in [6, 6.07) is 4.85. The highest BCUT2D eigenvalue weighted by Gasteiger charge is 1.97. The van der Waals surface area contributed by atoms with E-state index in [1.54, 1.807) is 6.07 Å². The summed E-state index contributed by atoms with van der Waals surface area (Å²) in [5.74, 6) is -0.296. The van der Waals surface area contributed by atoms with Gasteiger partial charge in [-0.15, -0.1) is 0 Å². The van der Waals surface area contributed by atoms with Crippen LogP contribution in [-0.4, -0.2) is 4.98 Å². The lowest BCUT2D eigenvalue weighted by molar-refractivity contribution is 0.637. The van der Waals surface area contributed by atoms with Crippen LogP contribution in [-0.2, 0) is 12.6 Å². The van der Waals surface area contributed by atoms with Gasteiger partial charge in [-0.05, 0) is 15.1 Å². The monoisotopic (exact) mass is 184 g/mol. The molecular formula is C7H3FNS2-. The van der Waals surface area contributed by atoms with E-state index in [2.05, 4.69) is 4.98 Å². The first kappa shape index (κ1) is 6.94. The molecule has 56 valence electrons. The fraction of sp³-hybridized carbons (Fsp3) is 0. The lowest BCUT2D eigenvalue weighted by Gasteiger charge is -1.89. The molecule has 1 aromatic carbocycles. The molecule has 0 saturated heterocycles. The molecule has 0 fully saturated rings. The van der Waals surface area contributed by atoms with Crippen LogP contribution in [0.1, 0.15) is 0 Å². The van der Waals surface area contributed by atoms with Crippen LogP contribution in [0.5, 0.6) is 0 Å². The van der Waals surface area contributed by atoms with E-state index in [-0.39, 0.29) is 5.82 Å². The lowest BCUT2D eigenvalue weighted by atomic mass is 10.3. The molecule has 1 aromatic heterocycles. The fourth-order valence-electron chi connectivity index (χ4n) is 0.895. The van der Waals surface area contributed by atoms with Crippen LogP contribution in [0.15, 0.2) is 22.5 Å². The van der Waals surface area contributed by atoms with Crippen LogP contribution in [0.25, 0.3) is 10.2 Å². The second kappa shape index (κ2) is 2.39. The Balaban J connectivity index is 2.90. The van der Waals surface area contributed by atoms with E-state index in [1.165, 1.54) is 17.4 Å². The molecule has 0 aliphatic carbocycles. The molecule has 0 saturated carbocycles. The fourth-order valence-corrected chi connectivity index (χ4v) is 1.97. The molecule has 0 bridgehead atoms. The van der Waals surface area contributed by atoms with Crippen LogP contribution >= 0.6 is 11.3 Å². The third-order valence-electron chi connectivity index (χ3n) is 1.35. The Morgan fingerprint density at radius 2 is 2.27 bits per heavy atom. The molecule has 0 N–H and O–H groups in total. The van der Waals surface area contributed by atoms with E-state index in [0.717, 1.165) is 4.70 Å². The maximum absolute atomic E-state index is 12.9. The van der Waals surface area contributed by atoms with E-state index >= 15 is 0 Å². The van der Waals surface area contributed by atoms with Gasteiger partial charge in [0.15, 0.2) is 0 Å². The van der Waals surface area contributed by atoms with Crippen molar-refractivity contribution < 1.29 is 4.39 Å². The molecule has 0 aliphatic heterocycles. The number of nitrogens with zero attached hydrogens (tertiary/aromatic N) is 1. The van der Waals surface area contributed by atoms with Crippen LogP contribution < -0.4 is 0 Å². The van der Waals surface area contributed by atoms with E-state index in [4.69, 9.17) is 12.6 Å². The van der Waals surface area contributed by atoms with E-state index < -0.39 is 0 Å². The van der Waals surface area contributed by atoms with Crippen molar-refractivity contribution in [2.24, 2.45) is 0 Å². The van der Waals surface area contributed by atoms with Crippen molar-refractivity contribution in [3.8, 4) is 0 Å². The molecule has 0 spiro atoms. The second-order valence-electron chi connectivity index (χ2n) is 2.07. The van der Waals surface area contributed by atoms with Crippen molar-refractivity contribution in [2.45, 2.75) is 4.34 Å². The third-order valence-corrected chi connectivity index (χ3v) is 2.51. The summed E-state index contributed by atoms with van der Waals surface area (Å²) in [7, 11) is 0. The maximum atomic E-state index is 12.9. The Bertz CT molecular complexity index is 396. The topological polar surface area (TPSA) is 12.9 Å². The summed E-state index contributed by atoms with van der Waals surface area (Å²) in [4.78, 5) is 3.87. The predicted octanol–water partition coefficient (Wildman–Crippen LogP) is 2.34. The molecular weight excluding hydrogens is 181 g/mol. The number of benzene rings is 1. The van der Waals surface area contributed by atoms with Gasteiger partial charge in [0.2, 0.25) is 0 Å². The highest BCUT2D eigenvalue weighted by Crippen LogP contribution is 2.23. The van der Waals surface area contributed by atoms with Crippen molar-refractivity contribution in [1.82, 2.24) is 4.98 Å². The SMILES string of the molecule is Fc1cccc2sc([S-])nc12. The van der Waals surface area contributed by atoms with Crippen molar-refractivity contribution in [3.63, 3.8) is 0 Å². The van der Waals surface area contributed by atoms with Crippen molar-refractivity contribution in [3.05, 3.63) is 24.0 Å². The van der Waals surface area contributed by atoms with Gasteiger partial charge < -0.3 is 24.0 Å². The van der Waals surface area contributed by atoms with E-state index in [9.17, 15) is 4.39 Å². The normalized spacial score (nSPS) is 10.6. The van der Waals surface area contributed by atoms with Crippen LogP contribution in [0.4, 0.5) is 4.39 Å². The molecule has 0 radical (unpaired) electrons. The Labute approximate surface area is 72.3 Å². The highest BCUT2D eigenvalue weighted by molar-refractivity contribution is 7.63. The third kappa shape index (κ3) is 1.08. The summed E-state index contributed by atoms with van der Waals surface area (Å²) in [5.41, 5.74) is 0.391. The Morgan fingerprint density at radius 3 is 3.00 bits per heavy atom. The molecule has 2 rings (SSSR count). The Hall–Kier alpha value is -0.740. The van der Waals surface area contributed by atoms with Gasteiger partial charge in [0.1, 0.15) is 5.82 Å². The minimum atomic E-state index is -0.296. The summed E-state index contributed by atoms with van der Waals surface area (Å²) >= 11 is 6.14. The number of hydrogen-bond acceptors (Lipinski definition) is 3. The maximum Gasteiger partial charge on any atom is 0.148 e. The van der Waals surface area contributed by atoms with Gasteiger partial charge in [0.05, 0.1) is 5.52 Å². The van der Waals surface area contributed by atoms with Crippen LogP contribution in [0.2, 0.25) is 0 Å². The van der Waals surface area contributed by atoms with Gasteiger partial charge in [0, 0.05) is 0 Å². The van der Waals surface area contributed by atoms with Crippen molar-refractivity contribution in [1.29, 1.82) is 0 Å². The summed E-state index contributed by atoms with van der Waals surface area (Å²) in [5, 5.41) is 0. The van der Waals surface area contributed by atoms with Gasteiger partial charge in [0.25, 0.3) is 0 Å². The molecule has 0 atom stereocenters. The molecule has 0 aliphatic rings. The Morgan fingerprint density at radius 1 is 1.45 bits per heavy atom. The highest BCUT2D eigenvalue weighted by atomic mass is 32.2. The lowest BCUT2D eigenvalue weighted by Crippen LogP contribution is -1.75. The number of hydrogen-bond donors (Lipinski definition) is 0. The predicted molar refractivity (Wildman–Crippen MR) is 45.2 cm³/mol. The number of aromatic nitrogens is 1. The smallest absolute Gasteiger partial charge is 0.148 e. The molecule has 11 heavy (non-hydrogen) atoms. The van der Waals surface area contributed by atoms with Gasteiger partial charge >= 0.3 is 0 Å². The van der Waals surface area contributed by atoms with Gasteiger partial charge in [-0.2, -0.15) is 0 Å². The number of para-hydroxylation sites is 1. The average molecular weight is 184 g/mol. The molecule has 0 amide bonds. The van der Waals surface area contributed by atoms with Gasteiger partial charge in [-0.1, -0.05) is 12.1 Å². The first-order chi connectivity index (χ1) is 5.27. The number of rotatable bonds is 0. The minimum Gasteiger partial charge on any atom is -0.408 e. The minimum absolute atomic E-state index is 0.296. The second-order valence-corrected chi connectivity index (χ2v) is 3.74. The number of thiazole rings is 1. The quantitative estimate of drug-likeness (QED) is 0.583. The van der Waals surface area contributed by atoms with Crippen LogP contribution in [0.3, 0.4) is 0 Å². The zero-order valence-electron chi connectivity index (χ0n) is 5.37. The standard InChI is InChI=1S/C7H4FNS2/c8-4-2-1-3-5-6(4)9-7(10)11-5/h1-3H,(H,9,10)/p-1. The zero-order valence-corrected chi connectivity index (χ0v) is 7.01. The average Bonchev–Trinajstić information content (AvgIpc) is 2.31. The number of halogens is 1. The molecule has 0 unspecified atom stereocenters. The van der Waals surface area contributed by atoms with Gasteiger partial charge in [-0.3, -0.25) is 4.98 Å². The molecule has 2 aromatic rings. The van der Waals surface area contributed by atoms with Crippen LogP contribution in [0, 0.1) is 5.82 Å². The summed E-state index contributed by atoms with van der Waals surface area (Å²) < 4.78 is 14.2. The van der Waals surface area contributed by atoms with E-state index in [1.807, 2.05) is 6.07 Å². The first-order valence-corrected chi connectivity index (χ1v) is 4.22. The largest absolute Gasteiger partial charge is 0.408 e. The molecule has 1 nitrogen and oxygen atoms in total. The Kier molecular flexibility index (Phi) is 1.51. The van der Waals surface area contributed by atoms with Gasteiger partial charge in [-0.25, -0.2) is 4.39 Å². The van der Waals surface area contributed by atoms with E-state index in [0.29, 0.717) is 9.86 Å². The summed E-state index contributed by atoms with van der Waals surface area (Å²) in [6.45, 7) is 0. The molecule has 1 heterocycles. The molecule has 4 heteroatoms. The zero-order chi connectivity index (χ0) is 7.84. The van der Waals surface area contributed by atoms with Crippen molar-refractivity contribution in [2.75, 3.05) is 0 Å².